The zero-order valence-electron chi connectivity index (χ0n) is 18.1. The van der Waals surface area contributed by atoms with Gasteiger partial charge < -0.3 is 0 Å². The van der Waals surface area contributed by atoms with E-state index >= 15 is 0 Å². The van der Waals surface area contributed by atoms with E-state index in [1.807, 2.05) is 13.8 Å². The van der Waals surface area contributed by atoms with E-state index in [1.165, 1.54) is 32.1 Å². The number of unbranched alkanes of at least 4 members (excludes halogenated alkanes) is 1. The quantitative estimate of drug-likeness (QED) is 0.470. The van der Waals surface area contributed by atoms with Crippen molar-refractivity contribution in [3.05, 3.63) is 0 Å². The molecule has 7 atom stereocenters. The lowest BCUT2D eigenvalue weighted by Crippen LogP contribution is -2.52. The van der Waals surface area contributed by atoms with E-state index in [0.29, 0.717) is 5.41 Å². The first-order chi connectivity index (χ1) is 12.1. The maximum atomic E-state index is 2.72. The molecule has 26 heavy (non-hydrogen) atoms. The minimum Gasteiger partial charge on any atom is -0.0776 e. The van der Waals surface area contributed by atoms with Gasteiger partial charge in [0.05, 0.1) is 0 Å². The van der Waals surface area contributed by atoms with Crippen molar-refractivity contribution in [2.24, 2.45) is 40.4 Å². The fourth-order valence-corrected chi connectivity index (χ4v) is 8.33. The van der Waals surface area contributed by atoms with Crippen LogP contribution in [0.4, 0.5) is 0 Å². The molecule has 4 saturated carbocycles. The molecular formula is C26H50. The Morgan fingerprint density at radius 1 is 0.769 bits per heavy atom. The van der Waals surface area contributed by atoms with Crippen molar-refractivity contribution >= 4 is 0 Å². The van der Waals surface area contributed by atoms with Gasteiger partial charge in [-0.3, -0.25) is 0 Å². The molecule has 0 aromatic rings. The van der Waals surface area contributed by atoms with Gasteiger partial charge in [-0.1, -0.05) is 67.7 Å². The van der Waals surface area contributed by atoms with Crippen LogP contribution < -0.4 is 0 Å². The molecule has 154 valence electrons. The molecule has 0 radical (unpaired) electrons. The lowest BCUT2D eigenvalue weighted by molar-refractivity contribution is -0.111. The normalized spacial score (nSPS) is 46.7. The lowest BCUT2D eigenvalue weighted by atomic mass is 9.45. The van der Waals surface area contributed by atoms with Gasteiger partial charge in [-0.25, -0.2) is 0 Å². The summed E-state index contributed by atoms with van der Waals surface area (Å²) < 4.78 is 0. The van der Waals surface area contributed by atoms with Crippen LogP contribution in [0.25, 0.3) is 0 Å². The molecule has 0 aliphatic heterocycles. The van der Waals surface area contributed by atoms with Crippen LogP contribution >= 0.6 is 0 Å². The molecule has 0 spiro atoms. The first kappa shape index (κ1) is 22.3. The third-order valence-corrected chi connectivity index (χ3v) is 9.69. The molecule has 4 fully saturated rings. The number of fused-ring (bicyclic) bond motifs is 5. The first-order valence-electron chi connectivity index (χ1n) is 12.1. The fraction of sp³-hybridized carbons (Fsp3) is 1.00. The highest BCUT2D eigenvalue weighted by molar-refractivity contribution is 5.08. The summed E-state index contributed by atoms with van der Waals surface area (Å²) in [5.74, 6) is 5.41. The summed E-state index contributed by atoms with van der Waals surface area (Å²) in [5, 5.41) is 0. The molecule has 0 heterocycles. The van der Waals surface area contributed by atoms with E-state index in [1.54, 1.807) is 51.4 Å². The molecule has 0 bridgehead atoms. The summed E-state index contributed by atoms with van der Waals surface area (Å²) in [6, 6.07) is 0. The zero-order chi connectivity index (χ0) is 18.1. The van der Waals surface area contributed by atoms with Crippen LogP contribution in [-0.2, 0) is 0 Å². The molecule has 0 aromatic carbocycles. The van der Waals surface area contributed by atoms with Crippen LogP contribution in [0.3, 0.4) is 0 Å². The standard InChI is InChI=1S/C23H40.C2H6.CH4/c1-4-5-8-17-11-13-20-19-12-10-18-9-6-7-15-22(18,2)21(19)14-16-23(17,20)3;1-2;/h17-21H,4-16H2,1-3H3;1-2H3;1H4. The van der Waals surface area contributed by atoms with Gasteiger partial charge >= 0.3 is 0 Å². The Balaban J connectivity index is 0.000000784. The summed E-state index contributed by atoms with van der Waals surface area (Å²) in [7, 11) is 0. The van der Waals surface area contributed by atoms with E-state index in [0.717, 1.165) is 35.0 Å². The number of hydrogen-bond acceptors (Lipinski definition) is 0. The third kappa shape index (κ3) is 3.53. The monoisotopic (exact) mass is 362 g/mol. The van der Waals surface area contributed by atoms with Crippen molar-refractivity contribution in [3.8, 4) is 0 Å². The van der Waals surface area contributed by atoms with E-state index in [4.69, 9.17) is 0 Å². The smallest absolute Gasteiger partial charge is 0.0266 e. The average molecular weight is 363 g/mol. The van der Waals surface area contributed by atoms with Crippen molar-refractivity contribution < 1.29 is 0 Å². The predicted octanol–water partition coefficient (Wildman–Crippen LogP) is 8.89. The maximum Gasteiger partial charge on any atom is -0.0266 e. The molecule has 0 saturated heterocycles. The van der Waals surface area contributed by atoms with Crippen molar-refractivity contribution in [1.29, 1.82) is 0 Å². The van der Waals surface area contributed by atoms with Gasteiger partial charge in [0.1, 0.15) is 0 Å². The van der Waals surface area contributed by atoms with Crippen LogP contribution in [0.2, 0.25) is 0 Å². The predicted molar refractivity (Wildman–Crippen MR) is 117 cm³/mol. The maximum absolute atomic E-state index is 2.72. The average Bonchev–Trinajstić information content (AvgIpc) is 2.97. The van der Waals surface area contributed by atoms with Gasteiger partial charge in [0.15, 0.2) is 0 Å². The molecule has 4 rings (SSSR count). The molecule has 0 heteroatoms. The van der Waals surface area contributed by atoms with Gasteiger partial charge in [-0.2, -0.15) is 0 Å². The summed E-state index contributed by atoms with van der Waals surface area (Å²) in [5.41, 5.74) is 1.44. The molecule has 0 nitrogen and oxygen atoms in total. The third-order valence-electron chi connectivity index (χ3n) is 9.69. The minimum atomic E-state index is 0. The van der Waals surface area contributed by atoms with E-state index in [2.05, 4.69) is 20.8 Å². The van der Waals surface area contributed by atoms with Crippen LogP contribution in [-0.4, -0.2) is 0 Å². The second-order valence-electron chi connectivity index (χ2n) is 10.4. The van der Waals surface area contributed by atoms with Crippen molar-refractivity contribution in [1.82, 2.24) is 0 Å². The highest BCUT2D eigenvalue weighted by Crippen LogP contribution is 2.67. The molecule has 0 amide bonds. The Kier molecular flexibility index (Phi) is 7.72. The molecular weight excluding hydrogens is 312 g/mol. The van der Waals surface area contributed by atoms with Gasteiger partial charge in [0.2, 0.25) is 0 Å². The van der Waals surface area contributed by atoms with Gasteiger partial charge in [-0.05, 0) is 98.2 Å². The molecule has 0 aromatic heterocycles. The summed E-state index contributed by atoms with van der Waals surface area (Å²) in [4.78, 5) is 0. The first-order valence-corrected chi connectivity index (χ1v) is 12.1. The van der Waals surface area contributed by atoms with Crippen LogP contribution in [0.15, 0.2) is 0 Å². The topological polar surface area (TPSA) is 0 Å². The Morgan fingerprint density at radius 3 is 2.23 bits per heavy atom. The number of rotatable bonds is 3. The Morgan fingerprint density at radius 2 is 1.50 bits per heavy atom. The fourth-order valence-electron chi connectivity index (χ4n) is 8.33. The second-order valence-corrected chi connectivity index (χ2v) is 10.4. The largest absolute Gasteiger partial charge is 0.0776 e. The van der Waals surface area contributed by atoms with Crippen molar-refractivity contribution in [3.63, 3.8) is 0 Å². The minimum absolute atomic E-state index is 0. The van der Waals surface area contributed by atoms with Crippen molar-refractivity contribution in [2.45, 2.75) is 126 Å². The molecule has 7 unspecified atom stereocenters. The van der Waals surface area contributed by atoms with Crippen LogP contribution in [0, 0.1) is 40.4 Å². The Bertz CT molecular complexity index is 426. The highest BCUT2D eigenvalue weighted by atomic mass is 14.6. The summed E-state index contributed by atoms with van der Waals surface area (Å²) in [6.07, 6.45) is 20.0. The van der Waals surface area contributed by atoms with Crippen molar-refractivity contribution in [2.75, 3.05) is 0 Å². The van der Waals surface area contributed by atoms with Crippen LogP contribution in [0.1, 0.15) is 126 Å². The highest BCUT2D eigenvalue weighted by Gasteiger charge is 2.59. The lowest BCUT2D eigenvalue weighted by Gasteiger charge is -2.60. The van der Waals surface area contributed by atoms with Gasteiger partial charge in [-0.15, -0.1) is 0 Å². The van der Waals surface area contributed by atoms with E-state index in [9.17, 15) is 0 Å². The molecule has 0 N–H and O–H groups in total. The Hall–Kier alpha value is 0. The summed E-state index contributed by atoms with van der Waals surface area (Å²) >= 11 is 0. The summed E-state index contributed by atoms with van der Waals surface area (Å²) in [6.45, 7) is 11.8. The van der Waals surface area contributed by atoms with Gasteiger partial charge in [0, 0.05) is 0 Å². The molecule has 4 aliphatic rings. The van der Waals surface area contributed by atoms with E-state index < -0.39 is 0 Å². The zero-order valence-corrected chi connectivity index (χ0v) is 18.1. The number of hydrogen-bond donors (Lipinski definition) is 0. The SMILES string of the molecule is C.CC.CCCCC1CCC2C3CCC4CCCCC4(C)C3CCC12C. The second kappa shape index (κ2) is 9.00. The Labute approximate surface area is 166 Å². The van der Waals surface area contributed by atoms with Crippen LogP contribution in [0.5, 0.6) is 0 Å². The molecule has 4 aliphatic carbocycles. The van der Waals surface area contributed by atoms with E-state index in [-0.39, 0.29) is 7.43 Å². The van der Waals surface area contributed by atoms with Gasteiger partial charge in [0.25, 0.3) is 0 Å².